The van der Waals surface area contributed by atoms with E-state index in [0.717, 1.165) is 16.6 Å². The Kier molecular flexibility index (Phi) is 0.818. The maximum Gasteiger partial charge on any atom is 0.194 e. The predicted molar refractivity (Wildman–Crippen MR) is 36.8 cm³/mol. The maximum atomic E-state index is 9.13. The molecule has 0 aliphatic carbocycles. The first-order valence-corrected chi connectivity index (χ1v) is 2.99. The molecule has 0 unspecified atom stereocenters. The van der Waals surface area contributed by atoms with Crippen molar-refractivity contribution in [3.8, 4) is 5.88 Å². The molecule has 10 heavy (non-hydrogen) atoms. The van der Waals surface area contributed by atoms with Crippen LogP contribution in [0.3, 0.4) is 0 Å². The van der Waals surface area contributed by atoms with Crippen molar-refractivity contribution >= 4 is 11.0 Å². The molecule has 0 amide bonds. The topological polar surface area (TPSA) is 64.7 Å². The van der Waals surface area contributed by atoms with Crippen molar-refractivity contribution in [3.05, 3.63) is 11.8 Å². The molecule has 2 aromatic heterocycles. The van der Waals surface area contributed by atoms with Crippen LogP contribution in [0.15, 0.2) is 6.20 Å². The molecule has 4 nitrogen and oxygen atoms in total. The third kappa shape index (κ3) is 0.478. The van der Waals surface area contributed by atoms with Crippen molar-refractivity contribution in [2.24, 2.45) is 0 Å². The van der Waals surface area contributed by atoms with Crippen LogP contribution in [0.5, 0.6) is 5.88 Å². The van der Waals surface area contributed by atoms with Crippen molar-refractivity contribution in [1.29, 1.82) is 0 Å². The largest absolute Gasteiger partial charge is 0.494 e. The molecular formula is C6H7N3O. The number of hydrogen-bond acceptors (Lipinski definition) is 2. The average molecular weight is 137 g/mol. The Morgan fingerprint density at radius 3 is 3.10 bits per heavy atom. The fourth-order valence-corrected chi connectivity index (χ4v) is 1.01. The highest BCUT2D eigenvalue weighted by Gasteiger charge is 2.05. The van der Waals surface area contributed by atoms with Crippen LogP contribution in [-0.4, -0.2) is 20.3 Å². The second-order valence-corrected chi connectivity index (χ2v) is 2.26. The zero-order valence-electron chi connectivity index (χ0n) is 5.47. The summed E-state index contributed by atoms with van der Waals surface area (Å²) in [6.45, 7) is 1.83. The van der Waals surface area contributed by atoms with Gasteiger partial charge >= 0.3 is 0 Å². The van der Waals surface area contributed by atoms with Gasteiger partial charge in [-0.1, -0.05) is 0 Å². The molecule has 0 bridgehead atoms. The van der Waals surface area contributed by atoms with E-state index in [2.05, 4.69) is 15.2 Å². The molecule has 0 aromatic carbocycles. The molecule has 52 valence electrons. The number of rotatable bonds is 0. The number of aromatic nitrogens is 3. The van der Waals surface area contributed by atoms with E-state index in [-0.39, 0.29) is 5.88 Å². The van der Waals surface area contributed by atoms with Crippen LogP contribution in [0.25, 0.3) is 11.0 Å². The predicted octanol–water partition coefficient (Wildman–Crippen LogP) is 0.905. The summed E-state index contributed by atoms with van der Waals surface area (Å²) in [4.78, 5) is 2.77. The number of fused-ring (bicyclic) bond motifs is 1. The maximum absolute atomic E-state index is 9.13. The first-order valence-electron chi connectivity index (χ1n) is 2.99. The second-order valence-electron chi connectivity index (χ2n) is 2.26. The van der Waals surface area contributed by atoms with Gasteiger partial charge in [0.25, 0.3) is 0 Å². The highest BCUT2D eigenvalue weighted by atomic mass is 16.3. The summed E-state index contributed by atoms with van der Waals surface area (Å²) in [7, 11) is 0. The van der Waals surface area contributed by atoms with Gasteiger partial charge < -0.3 is 10.1 Å². The summed E-state index contributed by atoms with van der Waals surface area (Å²) < 4.78 is 0. The minimum atomic E-state index is 0.212. The Morgan fingerprint density at radius 2 is 2.40 bits per heavy atom. The van der Waals surface area contributed by atoms with Gasteiger partial charge in [0, 0.05) is 5.56 Å². The standard InChI is InChI=1S/C6H7N3O/c1-3-5-4(2-7-9-5)8-6(3)10/h2,8,10H,1H3,(H,7,9). The molecule has 2 heterocycles. The van der Waals surface area contributed by atoms with Crippen molar-refractivity contribution in [1.82, 2.24) is 15.2 Å². The van der Waals surface area contributed by atoms with Gasteiger partial charge in [0.15, 0.2) is 5.88 Å². The lowest BCUT2D eigenvalue weighted by Gasteiger charge is -1.83. The highest BCUT2D eigenvalue weighted by Crippen LogP contribution is 2.22. The van der Waals surface area contributed by atoms with Gasteiger partial charge in [-0.25, -0.2) is 0 Å². The van der Waals surface area contributed by atoms with Crippen LogP contribution in [0.4, 0.5) is 0 Å². The van der Waals surface area contributed by atoms with Crippen LogP contribution in [0.1, 0.15) is 5.56 Å². The van der Waals surface area contributed by atoms with E-state index in [1.54, 1.807) is 6.20 Å². The Balaban J connectivity index is 2.95. The summed E-state index contributed by atoms with van der Waals surface area (Å²) >= 11 is 0. The van der Waals surface area contributed by atoms with Gasteiger partial charge in [-0.2, -0.15) is 5.10 Å². The van der Waals surface area contributed by atoms with E-state index in [9.17, 15) is 0 Å². The summed E-state index contributed by atoms with van der Waals surface area (Å²) in [6, 6.07) is 0. The molecule has 0 fully saturated rings. The quantitative estimate of drug-likeness (QED) is 0.505. The lowest BCUT2D eigenvalue weighted by Crippen LogP contribution is -1.69. The first-order chi connectivity index (χ1) is 4.79. The summed E-state index contributed by atoms with van der Waals surface area (Å²) in [5.41, 5.74) is 2.53. The highest BCUT2D eigenvalue weighted by molar-refractivity contribution is 5.80. The first kappa shape index (κ1) is 5.34. The smallest absolute Gasteiger partial charge is 0.194 e. The van der Waals surface area contributed by atoms with Crippen LogP contribution >= 0.6 is 0 Å². The Hall–Kier alpha value is -1.45. The SMILES string of the molecule is Cc1c(O)[nH]c2cn[nH]c12. The molecule has 0 saturated carbocycles. The number of hydrogen-bond donors (Lipinski definition) is 3. The van der Waals surface area contributed by atoms with Crippen molar-refractivity contribution in [2.45, 2.75) is 6.92 Å². The Labute approximate surface area is 56.9 Å². The summed E-state index contributed by atoms with van der Waals surface area (Å²) in [5.74, 6) is 0.212. The van der Waals surface area contributed by atoms with E-state index in [1.165, 1.54) is 0 Å². The van der Waals surface area contributed by atoms with Gasteiger partial charge in [0.2, 0.25) is 0 Å². The van der Waals surface area contributed by atoms with E-state index < -0.39 is 0 Å². The number of nitrogens with zero attached hydrogens (tertiary/aromatic N) is 1. The number of aromatic amines is 2. The van der Waals surface area contributed by atoms with Gasteiger partial charge in [-0.05, 0) is 6.92 Å². The zero-order chi connectivity index (χ0) is 7.14. The van der Waals surface area contributed by atoms with Gasteiger partial charge in [0.05, 0.1) is 17.2 Å². The zero-order valence-corrected chi connectivity index (χ0v) is 5.47. The Bertz CT molecular complexity index is 360. The van der Waals surface area contributed by atoms with Crippen molar-refractivity contribution < 1.29 is 5.11 Å². The molecule has 0 atom stereocenters. The number of H-pyrrole nitrogens is 2. The van der Waals surface area contributed by atoms with Crippen LogP contribution < -0.4 is 0 Å². The summed E-state index contributed by atoms with van der Waals surface area (Å²) in [6.07, 6.45) is 1.64. The van der Waals surface area contributed by atoms with Crippen LogP contribution in [0, 0.1) is 6.92 Å². The van der Waals surface area contributed by atoms with E-state index in [0.29, 0.717) is 0 Å². The molecule has 2 aromatic rings. The molecule has 2 rings (SSSR count). The fourth-order valence-electron chi connectivity index (χ4n) is 1.01. The van der Waals surface area contributed by atoms with Gasteiger partial charge in [-0.3, -0.25) is 5.10 Å². The molecule has 0 aliphatic rings. The molecule has 0 aliphatic heterocycles. The minimum Gasteiger partial charge on any atom is -0.494 e. The molecule has 3 N–H and O–H groups in total. The molecule has 0 spiro atoms. The molecule has 0 saturated heterocycles. The minimum absolute atomic E-state index is 0.212. The molecular weight excluding hydrogens is 130 g/mol. The number of aromatic hydroxyl groups is 1. The van der Waals surface area contributed by atoms with Crippen LogP contribution in [0.2, 0.25) is 0 Å². The monoisotopic (exact) mass is 137 g/mol. The molecule has 0 radical (unpaired) electrons. The summed E-state index contributed by atoms with van der Waals surface area (Å²) in [5, 5.41) is 15.7. The van der Waals surface area contributed by atoms with Crippen molar-refractivity contribution in [3.63, 3.8) is 0 Å². The lowest BCUT2D eigenvalue weighted by atomic mass is 10.3. The number of nitrogens with one attached hydrogen (secondary N) is 2. The third-order valence-electron chi connectivity index (χ3n) is 1.62. The second kappa shape index (κ2) is 1.53. The van der Waals surface area contributed by atoms with Crippen molar-refractivity contribution in [2.75, 3.05) is 0 Å². The average Bonchev–Trinajstić information content (AvgIpc) is 2.41. The fraction of sp³-hybridized carbons (Fsp3) is 0.167. The lowest BCUT2D eigenvalue weighted by molar-refractivity contribution is 0.454. The van der Waals surface area contributed by atoms with Gasteiger partial charge in [0.1, 0.15) is 0 Å². The van der Waals surface area contributed by atoms with Crippen LogP contribution in [-0.2, 0) is 0 Å². The Morgan fingerprint density at radius 1 is 1.60 bits per heavy atom. The van der Waals surface area contributed by atoms with Gasteiger partial charge in [-0.15, -0.1) is 0 Å². The van der Waals surface area contributed by atoms with E-state index >= 15 is 0 Å². The molecule has 4 heteroatoms. The van der Waals surface area contributed by atoms with E-state index in [4.69, 9.17) is 5.11 Å². The van der Waals surface area contributed by atoms with E-state index in [1.807, 2.05) is 6.92 Å². The third-order valence-corrected chi connectivity index (χ3v) is 1.62. The number of aryl methyl sites for hydroxylation is 1. The normalized spacial score (nSPS) is 10.9.